The van der Waals surface area contributed by atoms with Crippen molar-refractivity contribution >= 4 is 44.4 Å². The van der Waals surface area contributed by atoms with Gasteiger partial charge in [-0.3, -0.25) is 4.79 Å². The number of hydrogen-bond acceptors (Lipinski definition) is 5. The van der Waals surface area contributed by atoms with Gasteiger partial charge >= 0.3 is 5.97 Å². The van der Waals surface area contributed by atoms with E-state index in [1.165, 1.54) is 11.3 Å². The quantitative estimate of drug-likeness (QED) is 0.682. The normalized spacial score (nSPS) is 11.1. The number of thiazole rings is 1. The number of carbonyl (C=O) groups excluding carboxylic acids is 1. The largest absolute Gasteiger partial charge is 0.478 e. The molecule has 0 radical (unpaired) electrons. The summed E-state index contributed by atoms with van der Waals surface area (Å²) in [6.07, 6.45) is 1.85. The Bertz CT molecular complexity index is 571. The fourth-order valence-electron chi connectivity index (χ4n) is 1.15. The molecule has 0 aliphatic rings. The average Bonchev–Trinajstić information content (AvgIpc) is 2.68. The van der Waals surface area contributed by atoms with Crippen LogP contribution in [0, 0.1) is 0 Å². The minimum absolute atomic E-state index is 0.341. The van der Waals surface area contributed by atoms with Gasteiger partial charge in [-0.05, 0) is 30.0 Å². The minimum Gasteiger partial charge on any atom is -0.478 e. The number of carboxylic acids is 1. The van der Waals surface area contributed by atoms with E-state index in [0.29, 0.717) is 4.34 Å². The highest BCUT2D eigenvalue weighted by molar-refractivity contribution is 8.15. The van der Waals surface area contributed by atoms with Crippen molar-refractivity contribution in [1.82, 2.24) is 4.98 Å². The number of nitrogens with zero attached hydrogens (tertiary/aromatic N) is 1. The number of aliphatic carboxylic acids is 1. The first kappa shape index (κ1) is 11.8. The predicted molar refractivity (Wildman–Crippen MR) is 67.3 cm³/mol. The molecular formula is C11H7NO3S2. The maximum absolute atomic E-state index is 11.4. The summed E-state index contributed by atoms with van der Waals surface area (Å²) < 4.78 is 1.62. The number of rotatable bonds is 3. The molecule has 1 heterocycles. The van der Waals surface area contributed by atoms with Gasteiger partial charge in [0.25, 0.3) is 0 Å². The van der Waals surface area contributed by atoms with Crippen LogP contribution in [0.2, 0.25) is 0 Å². The van der Waals surface area contributed by atoms with Crippen LogP contribution in [-0.4, -0.2) is 21.2 Å². The van der Waals surface area contributed by atoms with Crippen LogP contribution in [0.5, 0.6) is 0 Å². The standard InChI is InChI=1S/C11H7NO3S2/c13-9(14)5-6-10(15)17-11-12-7-3-1-2-4-8(7)16-11/h1-6H,(H,13,14). The van der Waals surface area contributed by atoms with E-state index >= 15 is 0 Å². The van der Waals surface area contributed by atoms with Crippen LogP contribution in [0.3, 0.4) is 0 Å². The third-order valence-corrected chi connectivity index (χ3v) is 3.76. The van der Waals surface area contributed by atoms with Gasteiger partial charge in [0.1, 0.15) is 0 Å². The van der Waals surface area contributed by atoms with Gasteiger partial charge in [-0.2, -0.15) is 0 Å². The highest BCUT2D eigenvalue weighted by Crippen LogP contribution is 2.29. The van der Waals surface area contributed by atoms with Gasteiger partial charge in [-0.1, -0.05) is 12.1 Å². The van der Waals surface area contributed by atoms with Crippen LogP contribution < -0.4 is 0 Å². The molecule has 0 aliphatic heterocycles. The van der Waals surface area contributed by atoms with Crippen LogP contribution in [0.15, 0.2) is 40.8 Å². The molecule has 0 bridgehead atoms. The third kappa shape index (κ3) is 3.15. The number of carbonyl (C=O) groups is 2. The highest BCUT2D eigenvalue weighted by atomic mass is 32.2. The third-order valence-electron chi connectivity index (χ3n) is 1.82. The number of carboxylic acid groups (broad SMARTS) is 1. The fourth-order valence-corrected chi connectivity index (χ4v) is 2.99. The van der Waals surface area contributed by atoms with E-state index in [1.54, 1.807) is 0 Å². The monoisotopic (exact) mass is 265 g/mol. The maximum atomic E-state index is 11.4. The highest BCUT2D eigenvalue weighted by Gasteiger charge is 2.07. The summed E-state index contributed by atoms with van der Waals surface area (Å²) in [5.41, 5.74) is 0.843. The van der Waals surface area contributed by atoms with E-state index in [0.717, 1.165) is 34.1 Å². The topological polar surface area (TPSA) is 67.3 Å². The summed E-state index contributed by atoms with van der Waals surface area (Å²) in [5.74, 6) is -1.14. The number of thioether (sulfide) groups is 1. The number of fused-ring (bicyclic) bond motifs is 1. The Labute approximate surface area is 105 Å². The predicted octanol–water partition coefficient (Wildman–Crippen LogP) is 2.56. The lowest BCUT2D eigenvalue weighted by atomic mass is 10.3. The Morgan fingerprint density at radius 1 is 1.29 bits per heavy atom. The zero-order chi connectivity index (χ0) is 12.3. The zero-order valence-electron chi connectivity index (χ0n) is 8.49. The Morgan fingerprint density at radius 3 is 2.76 bits per heavy atom. The van der Waals surface area contributed by atoms with Crippen molar-refractivity contribution in [3.05, 3.63) is 36.4 Å². The fraction of sp³-hybridized carbons (Fsp3) is 0. The summed E-state index contributed by atoms with van der Waals surface area (Å²) in [6.45, 7) is 0. The molecule has 2 rings (SSSR count). The Hall–Kier alpha value is -1.66. The second-order valence-corrected chi connectivity index (χ2v) is 5.32. The zero-order valence-corrected chi connectivity index (χ0v) is 10.1. The lowest BCUT2D eigenvalue weighted by molar-refractivity contribution is -0.131. The molecule has 0 saturated carbocycles. The van der Waals surface area contributed by atoms with Gasteiger partial charge in [0.2, 0.25) is 5.12 Å². The van der Waals surface area contributed by atoms with Gasteiger partial charge in [0.05, 0.1) is 10.2 Å². The van der Waals surface area contributed by atoms with Crippen LogP contribution in [0.25, 0.3) is 10.2 Å². The molecule has 0 amide bonds. The van der Waals surface area contributed by atoms with Gasteiger partial charge in [0, 0.05) is 6.08 Å². The first-order valence-corrected chi connectivity index (χ1v) is 6.27. The molecule has 2 aromatic rings. The van der Waals surface area contributed by atoms with E-state index < -0.39 is 5.97 Å². The van der Waals surface area contributed by atoms with Crippen molar-refractivity contribution in [2.24, 2.45) is 0 Å². The summed E-state index contributed by atoms with van der Waals surface area (Å²) in [7, 11) is 0. The SMILES string of the molecule is O=C(O)C=CC(=O)Sc1nc2ccccc2s1. The molecule has 0 atom stereocenters. The van der Waals surface area contributed by atoms with E-state index in [1.807, 2.05) is 24.3 Å². The van der Waals surface area contributed by atoms with Crippen LogP contribution in [0.1, 0.15) is 0 Å². The van der Waals surface area contributed by atoms with Crippen molar-refractivity contribution in [1.29, 1.82) is 0 Å². The van der Waals surface area contributed by atoms with E-state index in [2.05, 4.69) is 4.98 Å². The molecule has 0 spiro atoms. The second kappa shape index (κ2) is 5.11. The summed E-state index contributed by atoms with van der Waals surface area (Å²) in [4.78, 5) is 25.9. The molecule has 0 fully saturated rings. The number of hydrogen-bond donors (Lipinski definition) is 1. The molecule has 17 heavy (non-hydrogen) atoms. The van der Waals surface area contributed by atoms with Gasteiger partial charge < -0.3 is 5.11 Å². The van der Waals surface area contributed by atoms with E-state index in [-0.39, 0.29) is 5.12 Å². The number of para-hydroxylation sites is 1. The van der Waals surface area contributed by atoms with Gasteiger partial charge in [0.15, 0.2) is 4.34 Å². The lowest BCUT2D eigenvalue weighted by Crippen LogP contribution is -1.90. The first-order valence-electron chi connectivity index (χ1n) is 4.63. The van der Waals surface area contributed by atoms with Crippen molar-refractivity contribution < 1.29 is 14.7 Å². The second-order valence-electron chi connectivity index (χ2n) is 3.04. The van der Waals surface area contributed by atoms with Crippen LogP contribution in [0.4, 0.5) is 0 Å². The molecule has 4 nitrogen and oxygen atoms in total. The van der Waals surface area contributed by atoms with Crippen LogP contribution in [-0.2, 0) is 9.59 Å². The molecule has 0 aliphatic carbocycles. The summed E-state index contributed by atoms with van der Waals surface area (Å²) >= 11 is 2.34. The number of aromatic nitrogens is 1. The molecule has 1 N–H and O–H groups in total. The van der Waals surface area contributed by atoms with Gasteiger partial charge in [-0.25, -0.2) is 9.78 Å². The molecule has 6 heteroatoms. The Balaban J connectivity index is 2.13. The van der Waals surface area contributed by atoms with Crippen molar-refractivity contribution in [3.8, 4) is 0 Å². The summed E-state index contributed by atoms with van der Waals surface area (Å²) in [5, 5.41) is 8.04. The Kier molecular flexibility index (Phi) is 3.55. The summed E-state index contributed by atoms with van der Waals surface area (Å²) in [6, 6.07) is 7.58. The molecular weight excluding hydrogens is 258 g/mol. The molecule has 1 aromatic heterocycles. The lowest BCUT2D eigenvalue weighted by Gasteiger charge is -1.87. The Morgan fingerprint density at radius 2 is 2.06 bits per heavy atom. The smallest absolute Gasteiger partial charge is 0.328 e. The maximum Gasteiger partial charge on any atom is 0.328 e. The van der Waals surface area contributed by atoms with Crippen LogP contribution >= 0.6 is 23.1 Å². The number of benzene rings is 1. The first-order chi connectivity index (χ1) is 8.15. The van der Waals surface area contributed by atoms with E-state index in [9.17, 15) is 9.59 Å². The van der Waals surface area contributed by atoms with E-state index in [4.69, 9.17) is 5.11 Å². The van der Waals surface area contributed by atoms with Crippen molar-refractivity contribution in [2.45, 2.75) is 4.34 Å². The molecule has 1 aromatic carbocycles. The molecule has 86 valence electrons. The van der Waals surface area contributed by atoms with Crippen molar-refractivity contribution in [3.63, 3.8) is 0 Å². The minimum atomic E-state index is -1.14. The van der Waals surface area contributed by atoms with Gasteiger partial charge in [-0.15, -0.1) is 11.3 Å². The average molecular weight is 265 g/mol. The molecule has 0 unspecified atom stereocenters. The molecule has 0 saturated heterocycles. The van der Waals surface area contributed by atoms with Crippen molar-refractivity contribution in [2.75, 3.05) is 0 Å².